The maximum absolute atomic E-state index is 2.34. The second-order valence-corrected chi connectivity index (χ2v) is 48.0. The van der Waals surface area contributed by atoms with Crippen LogP contribution in [-0.4, -0.2) is 0 Å². The van der Waals surface area contributed by atoms with Crippen molar-refractivity contribution in [2.24, 2.45) is 0 Å². The fourth-order valence-corrected chi connectivity index (χ4v) is 0. The van der Waals surface area contributed by atoms with E-state index in [9.17, 15) is 0 Å². The van der Waals surface area contributed by atoms with Gasteiger partial charge in [0.1, 0.15) is 0 Å². The molecule has 0 saturated heterocycles. The molecule has 0 aliphatic carbocycles. The van der Waals surface area contributed by atoms with Crippen LogP contribution in [0.15, 0.2) is 0 Å². The Hall–Kier alpha value is 5.42. The van der Waals surface area contributed by atoms with Gasteiger partial charge in [0.25, 0.3) is 0 Å². The summed E-state index contributed by atoms with van der Waals surface area (Å²) >= 11 is 14.0. The van der Waals surface area contributed by atoms with Crippen LogP contribution in [0.25, 0.3) is 0 Å². The van der Waals surface area contributed by atoms with E-state index in [1.807, 2.05) is 0 Å². The van der Waals surface area contributed by atoms with Crippen molar-refractivity contribution in [2.75, 3.05) is 0 Å². The molecule has 0 bridgehead atoms. The molecule has 0 N–H and O–H groups in total. The molecule has 0 rings (SSSR count). The third-order valence-corrected chi connectivity index (χ3v) is 0. The quantitative estimate of drug-likeness (QED) is 0.229. The molecule has 0 atom stereocenters. The second kappa shape index (κ2) is 12.4. The van der Waals surface area contributed by atoms with Crippen LogP contribution in [-0.2, 0) is 8.30 Å². The van der Waals surface area contributed by atoms with Gasteiger partial charge in [0.2, 0.25) is 0 Å². The van der Waals surface area contributed by atoms with Crippen LogP contribution in [0.3, 0.4) is 0 Å². The first-order chi connectivity index (χ1) is 3.46. The zero-order valence-corrected chi connectivity index (χ0v) is 17.7. The van der Waals surface area contributed by atoms with E-state index >= 15 is 0 Å². The van der Waals surface area contributed by atoms with Crippen LogP contribution >= 0.6 is 122 Å². The summed E-state index contributed by atoms with van der Waals surface area (Å²) in [4.78, 5) is 0. The van der Waals surface area contributed by atoms with E-state index in [0.29, 0.717) is 8.30 Å². The summed E-state index contributed by atoms with van der Waals surface area (Å²) < 4.78 is 1.19. The van der Waals surface area contributed by atoms with Gasteiger partial charge in [-0.15, -0.1) is 0 Å². The van der Waals surface area contributed by atoms with Crippen molar-refractivity contribution in [3.8, 4) is 0 Å². The van der Waals surface area contributed by atoms with E-state index in [4.69, 9.17) is 0 Å². The number of hydrogen-bond donors (Lipinski definition) is 0. The Bertz CT molecular complexity index is 22.0. The Morgan fingerprint density at radius 3 is 0.500 bits per heavy atom. The summed E-state index contributed by atoms with van der Waals surface area (Å²) in [6, 6.07) is 0. The predicted molar refractivity (Wildman–Crippen MR) is 84.1 cm³/mol. The van der Waals surface area contributed by atoms with Crippen molar-refractivity contribution in [3.05, 3.63) is 0 Å². The third kappa shape index (κ3) is 42.2. The molecule has 8 heavy (non-hydrogen) atoms. The zero-order valence-electron chi connectivity index (χ0n) is 2.87. The van der Waals surface area contributed by atoms with E-state index < -0.39 is 0 Å². The van der Waals surface area contributed by atoms with Crippen LogP contribution in [0.4, 0.5) is 0 Å². The molecular formula is Cu2I6. The zero-order chi connectivity index (χ0) is 7.15. The van der Waals surface area contributed by atoms with Gasteiger partial charge in [0.15, 0.2) is 0 Å². The third-order valence-electron chi connectivity index (χ3n) is 0. The first-order valence-electron chi connectivity index (χ1n) is 0.684. The number of halogens is 6. The molecule has 0 fully saturated rings. The molecular weight excluding hydrogens is 889 g/mol. The van der Waals surface area contributed by atoms with Crippen molar-refractivity contribution < 1.29 is 8.30 Å². The summed E-state index contributed by atoms with van der Waals surface area (Å²) in [5.74, 6) is 0. The molecule has 0 amide bonds. The average Bonchev–Trinajstić information content (AvgIpc) is 1.25. The minimum absolute atomic E-state index is 0.597. The first kappa shape index (κ1) is 15.9. The van der Waals surface area contributed by atoms with Gasteiger partial charge in [-0.1, -0.05) is 0 Å². The fraction of sp³-hybridized carbons (Fsp3) is 0. The molecule has 0 aliphatic rings. The monoisotopic (exact) mass is 887 g/mol. The molecule has 0 aromatic rings. The fourth-order valence-electron chi connectivity index (χ4n) is 0. The van der Waals surface area contributed by atoms with Gasteiger partial charge in [0, 0.05) is 0 Å². The first-order valence-corrected chi connectivity index (χ1v) is 18.9. The molecule has 64 valence electrons. The molecule has 0 nitrogen and oxygen atoms in total. The topological polar surface area (TPSA) is 0 Å². The normalized spacial score (nSPS) is 11.2. The van der Waals surface area contributed by atoms with Crippen molar-refractivity contribution in [2.45, 2.75) is 0 Å². The van der Waals surface area contributed by atoms with Crippen molar-refractivity contribution in [1.82, 2.24) is 0 Å². The van der Waals surface area contributed by atoms with Gasteiger partial charge in [-0.2, -0.15) is 0 Å². The second-order valence-electron chi connectivity index (χ2n) is 0.258. The Balaban J connectivity index is 0. The predicted octanol–water partition coefficient (Wildman–Crippen LogP) is 5.31. The van der Waals surface area contributed by atoms with Gasteiger partial charge in [-0.05, 0) is 0 Å². The molecule has 0 aromatic heterocycles. The van der Waals surface area contributed by atoms with Gasteiger partial charge >= 0.3 is 130 Å². The van der Waals surface area contributed by atoms with Gasteiger partial charge in [-0.25, -0.2) is 0 Å². The van der Waals surface area contributed by atoms with E-state index in [1.165, 1.54) is 0 Å². The molecule has 0 unspecified atom stereocenters. The number of hydrogen-bond acceptors (Lipinski definition) is 0. The van der Waals surface area contributed by atoms with Crippen LogP contribution in [0, 0.1) is 0 Å². The van der Waals surface area contributed by atoms with Crippen molar-refractivity contribution in [3.63, 3.8) is 0 Å². The summed E-state index contributed by atoms with van der Waals surface area (Å²) in [7, 11) is 0. The summed E-state index contributed by atoms with van der Waals surface area (Å²) in [5, 5.41) is 0. The summed E-state index contributed by atoms with van der Waals surface area (Å²) in [6.07, 6.45) is 0. The minimum atomic E-state index is 0.597. The van der Waals surface area contributed by atoms with E-state index in [-0.39, 0.29) is 0 Å². The molecule has 0 spiro atoms. The average molecular weight is 889 g/mol. The molecule has 0 aliphatic heterocycles. The van der Waals surface area contributed by atoms with Crippen molar-refractivity contribution >= 4 is 122 Å². The van der Waals surface area contributed by atoms with Crippen LogP contribution in [0.1, 0.15) is 0 Å². The molecule has 0 heterocycles. The molecule has 0 saturated carbocycles. The van der Waals surface area contributed by atoms with Gasteiger partial charge < -0.3 is 0 Å². The van der Waals surface area contributed by atoms with Crippen molar-refractivity contribution in [1.29, 1.82) is 0 Å². The van der Waals surface area contributed by atoms with Crippen LogP contribution in [0.2, 0.25) is 0 Å². The van der Waals surface area contributed by atoms with Gasteiger partial charge in [0.05, 0.1) is 0 Å². The number of rotatable bonds is 0. The van der Waals surface area contributed by atoms with E-state index in [1.54, 1.807) is 0 Å². The summed E-state index contributed by atoms with van der Waals surface area (Å²) in [5.41, 5.74) is 0. The maximum atomic E-state index is 2.34. The summed E-state index contributed by atoms with van der Waals surface area (Å²) in [6.45, 7) is 0. The Kier molecular flexibility index (Phi) is 24.6. The molecule has 0 aromatic carbocycles. The SMILES string of the molecule is [I][Cu]([I])[I].[I][Cu]([I])[I]. The van der Waals surface area contributed by atoms with Crippen LogP contribution < -0.4 is 0 Å². The Labute approximate surface area is 126 Å². The van der Waals surface area contributed by atoms with Gasteiger partial charge in [-0.3, -0.25) is 0 Å². The van der Waals surface area contributed by atoms with E-state index in [2.05, 4.69) is 122 Å². The van der Waals surface area contributed by atoms with Crippen LogP contribution in [0.5, 0.6) is 0 Å². The molecule has 0 radical (unpaired) electrons. The standard InChI is InChI=1S/2Cu.6HI/h;;6*1H/q2*+3;;;;;;/p-6. The van der Waals surface area contributed by atoms with E-state index in [0.717, 1.165) is 0 Å². The Morgan fingerprint density at radius 1 is 0.500 bits per heavy atom. The Morgan fingerprint density at radius 2 is 0.500 bits per heavy atom. The molecule has 8 heteroatoms.